The van der Waals surface area contributed by atoms with Crippen LogP contribution in [0.5, 0.6) is 11.5 Å². The Morgan fingerprint density at radius 2 is 1.58 bits per heavy atom. The van der Waals surface area contributed by atoms with Gasteiger partial charge in [-0.05, 0) is 29.3 Å². The van der Waals surface area contributed by atoms with Gasteiger partial charge in [0.1, 0.15) is 17.3 Å². The second-order valence-corrected chi connectivity index (χ2v) is 7.79. The summed E-state index contributed by atoms with van der Waals surface area (Å²) in [4.78, 5) is 4.66. The van der Waals surface area contributed by atoms with Crippen molar-refractivity contribution in [1.29, 1.82) is 0 Å². The Balaban J connectivity index is 1.59. The van der Waals surface area contributed by atoms with Crippen LogP contribution in [0.15, 0.2) is 97.2 Å². The lowest BCUT2D eigenvalue weighted by Gasteiger charge is -2.14. The minimum absolute atomic E-state index is 0.695. The first-order valence-electron chi connectivity index (χ1n) is 10.8. The van der Waals surface area contributed by atoms with Crippen LogP contribution in [-0.2, 0) is 6.54 Å². The fraction of sp³-hybridized carbons (Fsp3) is 0.107. The van der Waals surface area contributed by atoms with E-state index in [0.717, 1.165) is 40.4 Å². The Bertz CT molecular complexity index is 1380. The molecule has 0 unspecified atom stereocenters. The molecule has 0 aliphatic rings. The van der Waals surface area contributed by atoms with Crippen LogP contribution in [-0.4, -0.2) is 23.8 Å². The molecule has 0 spiro atoms. The van der Waals surface area contributed by atoms with Crippen molar-refractivity contribution in [2.24, 2.45) is 0 Å². The first-order chi connectivity index (χ1) is 16.2. The summed E-state index contributed by atoms with van der Waals surface area (Å²) in [6.45, 7) is 0.768. The molecule has 33 heavy (non-hydrogen) atoms. The fourth-order valence-corrected chi connectivity index (χ4v) is 4.05. The maximum atomic E-state index is 5.54. The number of fused-ring (bicyclic) bond motifs is 1. The van der Waals surface area contributed by atoms with E-state index in [-0.39, 0.29) is 0 Å². The Kier molecular flexibility index (Phi) is 5.68. The van der Waals surface area contributed by atoms with Gasteiger partial charge in [0, 0.05) is 36.0 Å². The van der Waals surface area contributed by atoms with E-state index in [2.05, 4.69) is 75.5 Å². The van der Waals surface area contributed by atoms with Gasteiger partial charge in [-0.15, -0.1) is 0 Å². The first-order valence-corrected chi connectivity index (χ1v) is 10.8. The summed E-state index contributed by atoms with van der Waals surface area (Å²) in [7, 11) is 3.29. The number of aromatic nitrogens is 2. The molecule has 2 aromatic heterocycles. The van der Waals surface area contributed by atoms with Crippen molar-refractivity contribution in [3.63, 3.8) is 0 Å². The van der Waals surface area contributed by atoms with Gasteiger partial charge in [0.2, 0.25) is 0 Å². The van der Waals surface area contributed by atoms with Gasteiger partial charge in [-0.3, -0.25) is 0 Å². The lowest BCUT2D eigenvalue weighted by atomic mass is 10.1. The van der Waals surface area contributed by atoms with Crippen LogP contribution in [0.25, 0.3) is 22.2 Å². The normalized spacial score (nSPS) is 10.8. The van der Waals surface area contributed by atoms with Crippen LogP contribution in [0.1, 0.15) is 5.56 Å². The molecule has 0 fully saturated rings. The molecule has 0 saturated heterocycles. The van der Waals surface area contributed by atoms with Gasteiger partial charge < -0.3 is 19.4 Å². The molecule has 164 valence electrons. The van der Waals surface area contributed by atoms with Crippen molar-refractivity contribution >= 4 is 22.4 Å². The summed E-state index contributed by atoms with van der Waals surface area (Å²) in [6, 6.07) is 31.0. The summed E-state index contributed by atoms with van der Waals surface area (Å²) in [6.07, 6.45) is 1.92. The first kappa shape index (κ1) is 20.6. The molecular formula is C28H25N3O2. The zero-order valence-corrected chi connectivity index (χ0v) is 18.7. The highest BCUT2D eigenvalue weighted by atomic mass is 16.5. The molecule has 1 N–H and O–H groups in total. The van der Waals surface area contributed by atoms with Crippen molar-refractivity contribution < 1.29 is 9.47 Å². The third-order valence-electron chi connectivity index (χ3n) is 5.71. The summed E-state index contributed by atoms with van der Waals surface area (Å²) in [5, 5.41) is 4.50. The maximum absolute atomic E-state index is 5.54. The molecule has 0 aliphatic heterocycles. The Morgan fingerprint density at radius 1 is 0.818 bits per heavy atom. The summed E-state index contributed by atoms with van der Waals surface area (Å²) < 4.78 is 13.2. The zero-order chi connectivity index (χ0) is 22.6. The molecule has 0 amide bonds. The topological polar surface area (TPSA) is 48.3 Å². The molecular weight excluding hydrogens is 410 g/mol. The van der Waals surface area contributed by atoms with Crippen molar-refractivity contribution in [3.8, 4) is 22.8 Å². The molecule has 5 nitrogen and oxygen atoms in total. The largest absolute Gasteiger partial charge is 0.497 e. The number of hydrogen-bond acceptors (Lipinski definition) is 4. The molecule has 0 bridgehead atoms. The van der Waals surface area contributed by atoms with Crippen molar-refractivity contribution in [2.75, 3.05) is 19.5 Å². The van der Waals surface area contributed by atoms with Gasteiger partial charge in [-0.25, -0.2) is 4.98 Å². The third kappa shape index (κ3) is 4.26. The average Bonchev–Trinajstić information content (AvgIpc) is 3.23. The van der Waals surface area contributed by atoms with Gasteiger partial charge in [-0.1, -0.05) is 60.7 Å². The van der Waals surface area contributed by atoms with E-state index < -0.39 is 0 Å². The number of methoxy groups -OCH3 is 2. The molecule has 0 saturated carbocycles. The highest BCUT2D eigenvalue weighted by Crippen LogP contribution is 2.33. The molecule has 0 radical (unpaired) electrons. The van der Waals surface area contributed by atoms with Crippen molar-refractivity contribution in [1.82, 2.24) is 9.55 Å². The lowest BCUT2D eigenvalue weighted by Crippen LogP contribution is -2.02. The van der Waals surface area contributed by atoms with E-state index in [1.54, 1.807) is 14.2 Å². The highest BCUT2D eigenvalue weighted by Gasteiger charge is 2.13. The summed E-state index contributed by atoms with van der Waals surface area (Å²) in [5.41, 5.74) is 5.53. The SMILES string of the molecule is COc1ccc(Nc2cc3c(cn2)cc(-c2ccccc2)n3Cc2ccccc2)c(OC)c1. The number of ether oxygens (including phenoxy) is 2. The van der Waals surface area contributed by atoms with Crippen LogP contribution in [0, 0.1) is 0 Å². The van der Waals surface area contributed by atoms with Gasteiger partial charge in [0.15, 0.2) is 0 Å². The number of benzene rings is 3. The highest BCUT2D eigenvalue weighted by molar-refractivity contribution is 5.88. The zero-order valence-electron chi connectivity index (χ0n) is 18.7. The van der Waals surface area contributed by atoms with Gasteiger partial charge >= 0.3 is 0 Å². The molecule has 0 atom stereocenters. The maximum Gasteiger partial charge on any atom is 0.146 e. The Hall–Kier alpha value is -4.25. The number of nitrogens with zero attached hydrogens (tertiary/aromatic N) is 2. The van der Waals surface area contributed by atoms with E-state index in [0.29, 0.717) is 5.75 Å². The van der Waals surface area contributed by atoms with Crippen LogP contribution in [0.3, 0.4) is 0 Å². The lowest BCUT2D eigenvalue weighted by molar-refractivity contribution is 0.395. The van der Waals surface area contributed by atoms with Crippen LogP contribution in [0.2, 0.25) is 0 Å². The quantitative estimate of drug-likeness (QED) is 0.316. The van der Waals surface area contributed by atoms with E-state index in [9.17, 15) is 0 Å². The molecule has 2 heterocycles. The van der Waals surface area contributed by atoms with E-state index in [4.69, 9.17) is 9.47 Å². The number of nitrogens with one attached hydrogen (secondary N) is 1. The molecule has 5 heteroatoms. The van der Waals surface area contributed by atoms with Gasteiger partial charge in [0.05, 0.1) is 25.4 Å². The van der Waals surface area contributed by atoms with Crippen molar-refractivity contribution in [2.45, 2.75) is 6.54 Å². The summed E-state index contributed by atoms with van der Waals surface area (Å²) >= 11 is 0. The van der Waals surface area contributed by atoms with Crippen molar-refractivity contribution in [3.05, 3.63) is 103 Å². The monoisotopic (exact) mass is 435 g/mol. The molecule has 5 rings (SSSR count). The number of rotatable bonds is 7. The third-order valence-corrected chi connectivity index (χ3v) is 5.71. The van der Waals surface area contributed by atoms with Crippen LogP contribution in [0.4, 0.5) is 11.5 Å². The standard InChI is InChI=1S/C28H25N3O2/c1-32-23-13-14-24(27(16-23)33-2)30-28-17-26-22(18-29-28)15-25(21-11-7-4-8-12-21)31(26)19-20-9-5-3-6-10-20/h3-18H,19H2,1-2H3,(H,29,30). The average molecular weight is 436 g/mol. The van der Waals surface area contributed by atoms with Gasteiger partial charge in [0.25, 0.3) is 0 Å². The predicted octanol–water partition coefficient (Wildman–Crippen LogP) is 6.51. The van der Waals surface area contributed by atoms with Crippen LogP contribution < -0.4 is 14.8 Å². The summed E-state index contributed by atoms with van der Waals surface area (Å²) in [5.74, 6) is 2.18. The number of hydrogen-bond donors (Lipinski definition) is 1. The Morgan fingerprint density at radius 3 is 2.30 bits per heavy atom. The molecule has 3 aromatic carbocycles. The molecule has 5 aromatic rings. The fourth-order valence-electron chi connectivity index (χ4n) is 4.05. The predicted molar refractivity (Wildman–Crippen MR) is 134 cm³/mol. The minimum Gasteiger partial charge on any atom is -0.497 e. The smallest absolute Gasteiger partial charge is 0.146 e. The molecule has 0 aliphatic carbocycles. The van der Waals surface area contributed by atoms with Gasteiger partial charge in [-0.2, -0.15) is 0 Å². The number of anilines is 2. The van der Waals surface area contributed by atoms with E-state index in [1.807, 2.05) is 36.5 Å². The van der Waals surface area contributed by atoms with Crippen LogP contribution >= 0.6 is 0 Å². The minimum atomic E-state index is 0.695. The second kappa shape index (κ2) is 9.09. The van der Waals surface area contributed by atoms with E-state index >= 15 is 0 Å². The Labute approximate surface area is 193 Å². The number of pyridine rings is 1. The van der Waals surface area contributed by atoms with E-state index in [1.165, 1.54) is 11.1 Å². The second-order valence-electron chi connectivity index (χ2n) is 7.79.